The molecule has 0 amide bonds. The second kappa shape index (κ2) is 4.06. The molecule has 16 heavy (non-hydrogen) atoms. The maximum atomic E-state index is 11.6. The number of oxazole rings is 1. The highest BCUT2D eigenvalue weighted by Gasteiger charge is 2.20. The fourth-order valence-corrected chi connectivity index (χ4v) is 1.52. The molecule has 84 valence electrons. The number of carbonyl (C=O) groups is 1. The molecule has 1 N–H and O–H groups in total. The van der Waals surface area contributed by atoms with Crippen molar-refractivity contribution in [1.82, 2.24) is 4.98 Å². The first-order valence-electron chi connectivity index (χ1n) is 5.14. The number of benzene rings is 1. The van der Waals surface area contributed by atoms with E-state index in [1.165, 1.54) is 6.39 Å². The van der Waals surface area contributed by atoms with Crippen LogP contribution in [0.2, 0.25) is 0 Å². The van der Waals surface area contributed by atoms with E-state index in [0.717, 1.165) is 0 Å². The van der Waals surface area contributed by atoms with Crippen LogP contribution in [0.1, 0.15) is 25.5 Å². The molecule has 2 rings (SSSR count). The summed E-state index contributed by atoms with van der Waals surface area (Å²) >= 11 is 0. The number of Topliss-reactive ketones (excluding diaryl/α,β-unsaturated/α-hetero) is 1. The first kappa shape index (κ1) is 10.8. The molecule has 2 aromatic rings. The number of fused-ring (bicyclic) bond motifs is 1. The van der Waals surface area contributed by atoms with Crippen LogP contribution in [0.4, 0.5) is 0 Å². The number of aliphatic hydroxyl groups excluding tert-OH is 1. The van der Waals surface area contributed by atoms with Crippen molar-refractivity contribution in [2.24, 2.45) is 5.92 Å². The van der Waals surface area contributed by atoms with Gasteiger partial charge in [-0.25, -0.2) is 4.98 Å². The molecule has 0 aliphatic carbocycles. The van der Waals surface area contributed by atoms with Gasteiger partial charge in [0.1, 0.15) is 11.6 Å². The fourth-order valence-electron chi connectivity index (χ4n) is 1.52. The minimum atomic E-state index is -1.09. The van der Waals surface area contributed by atoms with Gasteiger partial charge in [0, 0.05) is 5.92 Å². The van der Waals surface area contributed by atoms with Crippen LogP contribution in [0.5, 0.6) is 0 Å². The quantitative estimate of drug-likeness (QED) is 0.858. The lowest BCUT2D eigenvalue weighted by Crippen LogP contribution is -2.17. The van der Waals surface area contributed by atoms with Crippen LogP contribution in [0.3, 0.4) is 0 Å². The van der Waals surface area contributed by atoms with Crippen LogP contribution >= 0.6 is 0 Å². The number of hydrogen-bond acceptors (Lipinski definition) is 4. The average molecular weight is 219 g/mol. The van der Waals surface area contributed by atoms with E-state index in [-0.39, 0.29) is 11.7 Å². The lowest BCUT2D eigenvalue weighted by molar-refractivity contribution is -0.130. The summed E-state index contributed by atoms with van der Waals surface area (Å²) in [5.74, 6) is -0.390. The van der Waals surface area contributed by atoms with Gasteiger partial charge in [-0.15, -0.1) is 0 Å². The molecule has 1 aromatic heterocycles. The predicted octanol–water partition coefficient (Wildman–Crippen LogP) is 2.09. The molecule has 0 spiro atoms. The van der Waals surface area contributed by atoms with Gasteiger partial charge in [-0.3, -0.25) is 4.79 Å². The van der Waals surface area contributed by atoms with E-state index in [1.807, 2.05) is 0 Å². The number of rotatable bonds is 3. The fraction of sp³-hybridized carbons (Fsp3) is 0.333. The lowest BCUT2D eigenvalue weighted by atomic mass is 9.98. The summed E-state index contributed by atoms with van der Waals surface area (Å²) in [6.07, 6.45) is 0.250. The van der Waals surface area contributed by atoms with Crippen molar-refractivity contribution in [3.63, 3.8) is 0 Å². The van der Waals surface area contributed by atoms with E-state index in [1.54, 1.807) is 32.0 Å². The number of aromatic nitrogens is 1. The average Bonchev–Trinajstić information content (AvgIpc) is 2.73. The summed E-state index contributed by atoms with van der Waals surface area (Å²) in [6.45, 7) is 3.52. The monoisotopic (exact) mass is 219 g/mol. The van der Waals surface area contributed by atoms with Crippen molar-refractivity contribution >= 4 is 16.9 Å². The molecule has 0 fully saturated rings. The number of ketones is 1. The Bertz CT molecular complexity index is 516. The molecule has 1 aromatic carbocycles. The van der Waals surface area contributed by atoms with Gasteiger partial charge in [-0.2, -0.15) is 0 Å². The van der Waals surface area contributed by atoms with Crippen molar-refractivity contribution in [3.8, 4) is 0 Å². The maximum absolute atomic E-state index is 11.6. The molecule has 1 unspecified atom stereocenters. The van der Waals surface area contributed by atoms with Crippen LogP contribution in [0.25, 0.3) is 11.1 Å². The highest BCUT2D eigenvalue weighted by Crippen LogP contribution is 2.22. The zero-order valence-electron chi connectivity index (χ0n) is 9.18. The van der Waals surface area contributed by atoms with Gasteiger partial charge in [0.15, 0.2) is 17.8 Å². The Hall–Kier alpha value is -1.68. The standard InChI is InChI=1S/C12H13NO3/c1-7(2)11(14)12(15)8-3-4-9-10(5-8)16-6-13-9/h3-7,12,15H,1-2H3. The van der Waals surface area contributed by atoms with E-state index in [0.29, 0.717) is 16.7 Å². The molecule has 0 bridgehead atoms. The normalized spacial score (nSPS) is 13.2. The van der Waals surface area contributed by atoms with Crippen molar-refractivity contribution in [3.05, 3.63) is 30.2 Å². The molecule has 1 heterocycles. The van der Waals surface area contributed by atoms with Gasteiger partial charge in [0.2, 0.25) is 0 Å². The smallest absolute Gasteiger partial charge is 0.181 e. The predicted molar refractivity (Wildman–Crippen MR) is 58.8 cm³/mol. The molecule has 0 aliphatic rings. The van der Waals surface area contributed by atoms with E-state index < -0.39 is 6.10 Å². The SMILES string of the molecule is CC(C)C(=O)C(O)c1ccc2ncoc2c1. The number of aliphatic hydroxyl groups is 1. The number of carbonyl (C=O) groups excluding carboxylic acids is 1. The third-order valence-corrected chi connectivity index (χ3v) is 2.51. The lowest BCUT2D eigenvalue weighted by Gasteiger charge is -2.11. The summed E-state index contributed by atoms with van der Waals surface area (Å²) in [7, 11) is 0. The van der Waals surface area contributed by atoms with Gasteiger partial charge in [-0.1, -0.05) is 19.9 Å². The molecule has 0 aliphatic heterocycles. The molecular formula is C12H13NO3. The van der Waals surface area contributed by atoms with Crippen molar-refractivity contribution in [2.75, 3.05) is 0 Å². The number of hydrogen-bond donors (Lipinski definition) is 1. The van der Waals surface area contributed by atoms with E-state index in [9.17, 15) is 9.90 Å². The first-order valence-corrected chi connectivity index (χ1v) is 5.14. The minimum Gasteiger partial charge on any atom is -0.443 e. The van der Waals surface area contributed by atoms with Crippen LogP contribution in [0, 0.1) is 5.92 Å². The summed E-state index contributed by atoms with van der Waals surface area (Å²) in [5, 5.41) is 9.84. The first-order chi connectivity index (χ1) is 7.59. The molecule has 1 atom stereocenters. The summed E-state index contributed by atoms with van der Waals surface area (Å²) < 4.78 is 5.12. The third-order valence-electron chi connectivity index (χ3n) is 2.51. The Balaban J connectivity index is 2.35. The topological polar surface area (TPSA) is 63.3 Å². The summed E-state index contributed by atoms with van der Waals surface area (Å²) in [4.78, 5) is 15.6. The van der Waals surface area contributed by atoms with Gasteiger partial charge in [0.25, 0.3) is 0 Å². The van der Waals surface area contributed by atoms with Crippen LogP contribution in [-0.2, 0) is 4.79 Å². The van der Waals surface area contributed by atoms with Crippen LogP contribution in [0.15, 0.2) is 29.0 Å². The second-order valence-electron chi connectivity index (χ2n) is 4.04. The Kier molecular flexibility index (Phi) is 2.75. The van der Waals surface area contributed by atoms with Crippen LogP contribution < -0.4 is 0 Å². The second-order valence-corrected chi connectivity index (χ2v) is 4.04. The van der Waals surface area contributed by atoms with Gasteiger partial charge >= 0.3 is 0 Å². The summed E-state index contributed by atoms with van der Waals surface area (Å²) in [6, 6.07) is 5.06. The highest BCUT2D eigenvalue weighted by molar-refractivity contribution is 5.86. The molecule has 0 radical (unpaired) electrons. The molecule has 0 saturated carbocycles. The Morgan fingerprint density at radius 1 is 1.44 bits per heavy atom. The van der Waals surface area contributed by atoms with Gasteiger partial charge in [-0.05, 0) is 17.7 Å². The molecule has 0 saturated heterocycles. The Morgan fingerprint density at radius 3 is 2.88 bits per heavy atom. The zero-order valence-corrected chi connectivity index (χ0v) is 9.18. The maximum Gasteiger partial charge on any atom is 0.181 e. The Labute approximate surface area is 92.9 Å². The van der Waals surface area contributed by atoms with Gasteiger partial charge < -0.3 is 9.52 Å². The number of nitrogens with zero attached hydrogens (tertiary/aromatic N) is 1. The molecule has 4 nitrogen and oxygen atoms in total. The largest absolute Gasteiger partial charge is 0.443 e. The van der Waals surface area contributed by atoms with Crippen LogP contribution in [-0.4, -0.2) is 15.9 Å². The minimum absolute atomic E-state index is 0.194. The molecule has 4 heteroatoms. The van der Waals surface area contributed by atoms with E-state index >= 15 is 0 Å². The van der Waals surface area contributed by atoms with E-state index in [2.05, 4.69) is 4.98 Å². The van der Waals surface area contributed by atoms with Crippen molar-refractivity contribution in [1.29, 1.82) is 0 Å². The highest BCUT2D eigenvalue weighted by atomic mass is 16.3. The zero-order chi connectivity index (χ0) is 11.7. The van der Waals surface area contributed by atoms with Gasteiger partial charge in [0.05, 0.1) is 0 Å². The third kappa shape index (κ3) is 1.84. The molecular weight excluding hydrogens is 206 g/mol. The van der Waals surface area contributed by atoms with Crippen molar-refractivity contribution in [2.45, 2.75) is 20.0 Å². The Morgan fingerprint density at radius 2 is 2.19 bits per heavy atom. The van der Waals surface area contributed by atoms with E-state index in [4.69, 9.17) is 4.42 Å². The van der Waals surface area contributed by atoms with Crippen molar-refractivity contribution < 1.29 is 14.3 Å². The summed E-state index contributed by atoms with van der Waals surface area (Å²) in [5.41, 5.74) is 1.84.